The molecule has 0 aliphatic carbocycles. The molecule has 0 N–H and O–H groups in total. The number of carbonyl (C=O) groups excluding carboxylic acids is 1. The summed E-state index contributed by atoms with van der Waals surface area (Å²) in [5, 5.41) is 0. The molecule has 0 saturated carbocycles. The second-order valence-corrected chi connectivity index (χ2v) is 5.88. The van der Waals surface area contributed by atoms with Crippen LogP contribution in [0, 0.1) is 0 Å². The first-order valence-corrected chi connectivity index (χ1v) is 7.21. The molecule has 0 spiro atoms. The van der Waals surface area contributed by atoms with E-state index in [9.17, 15) is 4.79 Å². The average Bonchev–Trinajstić information content (AvgIpc) is 2.77. The molecule has 2 aliphatic rings. The number of rotatable bonds is 4. The van der Waals surface area contributed by atoms with Crippen LogP contribution in [0.3, 0.4) is 0 Å². The van der Waals surface area contributed by atoms with Crippen molar-refractivity contribution in [3.63, 3.8) is 0 Å². The Balaban J connectivity index is 1.76. The second-order valence-electron chi connectivity index (χ2n) is 5.88. The number of fused-ring (bicyclic) bond motifs is 1. The molecule has 0 radical (unpaired) electrons. The lowest BCUT2D eigenvalue weighted by Crippen LogP contribution is -2.59. The zero-order chi connectivity index (χ0) is 15.8. The Morgan fingerprint density at radius 1 is 1.27 bits per heavy atom. The highest BCUT2D eigenvalue weighted by molar-refractivity contribution is 5.78. The minimum Gasteiger partial charge on any atom is -0.425 e. The summed E-state index contributed by atoms with van der Waals surface area (Å²) in [7, 11) is 1.46. The van der Waals surface area contributed by atoms with Gasteiger partial charge in [0, 0.05) is 7.11 Å². The van der Waals surface area contributed by atoms with E-state index in [2.05, 4.69) is 0 Å². The molecule has 1 aromatic rings. The van der Waals surface area contributed by atoms with E-state index in [1.807, 2.05) is 30.3 Å². The smallest absolute Gasteiger partial charge is 0.340 e. The molecule has 2 saturated heterocycles. The summed E-state index contributed by atoms with van der Waals surface area (Å²) in [4.78, 5) is 12.2. The topological polar surface area (TPSA) is 63.2 Å². The zero-order valence-corrected chi connectivity index (χ0v) is 12.9. The van der Waals surface area contributed by atoms with E-state index in [1.165, 1.54) is 7.11 Å². The largest absolute Gasteiger partial charge is 0.425 e. The Morgan fingerprint density at radius 3 is 2.68 bits per heavy atom. The Kier molecular flexibility index (Phi) is 3.94. The van der Waals surface area contributed by atoms with Crippen LogP contribution >= 0.6 is 0 Å². The summed E-state index contributed by atoms with van der Waals surface area (Å²) in [6.45, 7) is 3.97. The van der Waals surface area contributed by atoms with Gasteiger partial charge in [0.05, 0.1) is 6.61 Å². The Morgan fingerprint density at radius 2 is 2.00 bits per heavy atom. The highest BCUT2D eigenvalue weighted by Crippen LogP contribution is 2.40. The van der Waals surface area contributed by atoms with Crippen LogP contribution in [0.5, 0.6) is 0 Å². The van der Waals surface area contributed by atoms with Crippen molar-refractivity contribution >= 4 is 5.97 Å². The molecule has 2 heterocycles. The molecule has 0 amide bonds. The number of hydrogen-bond acceptors (Lipinski definition) is 6. The first-order chi connectivity index (χ1) is 10.5. The summed E-state index contributed by atoms with van der Waals surface area (Å²) >= 11 is 0. The number of carbonyl (C=O) groups is 1. The van der Waals surface area contributed by atoms with Crippen LogP contribution in [-0.4, -0.2) is 43.5 Å². The van der Waals surface area contributed by atoms with Gasteiger partial charge in [-0.1, -0.05) is 30.3 Å². The van der Waals surface area contributed by atoms with E-state index >= 15 is 0 Å². The summed E-state index contributed by atoms with van der Waals surface area (Å²) < 4.78 is 27.9. The first kappa shape index (κ1) is 15.4. The molecule has 6 heteroatoms. The number of esters is 1. The minimum absolute atomic E-state index is 0.109. The molecule has 2 fully saturated rings. The fraction of sp³-hybridized carbons (Fsp3) is 0.562. The first-order valence-electron chi connectivity index (χ1n) is 7.21. The molecule has 6 nitrogen and oxygen atoms in total. The molecule has 0 unspecified atom stereocenters. The van der Waals surface area contributed by atoms with Crippen molar-refractivity contribution in [1.82, 2.24) is 0 Å². The fourth-order valence-electron chi connectivity index (χ4n) is 2.65. The molecule has 0 bridgehead atoms. The average molecular weight is 308 g/mol. The van der Waals surface area contributed by atoms with Gasteiger partial charge in [-0.25, -0.2) is 4.79 Å². The van der Waals surface area contributed by atoms with E-state index in [4.69, 9.17) is 23.7 Å². The van der Waals surface area contributed by atoms with Gasteiger partial charge < -0.3 is 23.7 Å². The van der Waals surface area contributed by atoms with Crippen LogP contribution in [0.4, 0.5) is 0 Å². The summed E-state index contributed by atoms with van der Waals surface area (Å²) in [6, 6.07) is 9.61. The van der Waals surface area contributed by atoms with E-state index in [0.29, 0.717) is 6.61 Å². The highest BCUT2D eigenvalue weighted by Gasteiger charge is 2.63. The number of ether oxygens (including phenoxy) is 5. The molecule has 2 aliphatic heterocycles. The van der Waals surface area contributed by atoms with Gasteiger partial charge in [-0.15, -0.1) is 0 Å². The normalized spacial score (nSPS) is 33.3. The number of benzene rings is 1. The SMILES string of the molecule is CO[C@]12COC(C)(C)O[C@H]1[C@H](OCc1ccccc1)C(=O)O2. The third-order valence-electron chi connectivity index (χ3n) is 3.86. The van der Waals surface area contributed by atoms with Crippen molar-refractivity contribution in [2.75, 3.05) is 13.7 Å². The highest BCUT2D eigenvalue weighted by atomic mass is 16.8. The van der Waals surface area contributed by atoms with Crippen LogP contribution < -0.4 is 0 Å². The van der Waals surface area contributed by atoms with Gasteiger partial charge in [0.15, 0.2) is 18.0 Å². The monoisotopic (exact) mass is 308 g/mol. The maximum absolute atomic E-state index is 12.2. The fourth-order valence-corrected chi connectivity index (χ4v) is 2.65. The van der Waals surface area contributed by atoms with E-state index in [1.54, 1.807) is 13.8 Å². The second kappa shape index (κ2) is 5.62. The molecule has 0 aromatic heterocycles. The third kappa shape index (κ3) is 2.75. The van der Waals surface area contributed by atoms with Crippen molar-refractivity contribution < 1.29 is 28.5 Å². The van der Waals surface area contributed by atoms with E-state index in [-0.39, 0.29) is 6.61 Å². The third-order valence-corrected chi connectivity index (χ3v) is 3.86. The predicted octanol–water partition coefficient (Wildman–Crippen LogP) is 1.62. The molecule has 3 atom stereocenters. The van der Waals surface area contributed by atoms with Crippen LogP contribution in [0.2, 0.25) is 0 Å². The molecule has 22 heavy (non-hydrogen) atoms. The summed E-state index contributed by atoms with van der Waals surface area (Å²) in [5.74, 6) is -2.56. The van der Waals surface area contributed by atoms with Crippen LogP contribution in [-0.2, 0) is 35.1 Å². The van der Waals surface area contributed by atoms with Gasteiger partial charge in [-0.2, -0.15) is 0 Å². The quantitative estimate of drug-likeness (QED) is 0.788. The number of hydrogen-bond donors (Lipinski definition) is 0. The molecule has 3 rings (SSSR count). The lowest BCUT2D eigenvalue weighted by Gasteiger charge is -2.43. The van der Waals surface area contributed by atoms with Gasteiger partial charge in [0.1, 0.15) is 6.61 Å². The van der Waals surface area contributed by atoms with Gasteiger partial charge >= 0.3 is 5.97 Å². The Hall–Kier alpha value is -1.47. The maximum Gasteiger partial charge on any atom is 0.340 e. The van der Waals surface area contributed by atoms with Crippen molar-refractivity contribution in [3.8, 4) is 0 Å². The van der Waals surface area contributed by atoms with Crippen LogP contribution in [0.25, 0.3) is 0 Å². The Bertz CT molecular complexity index is 543. The van der Waals surface area contributed by atoms with E-state index < -0.39 is 29.8 Å². The van der Waals surface area contributed by atoms with Gasteiger partial charge in [-0.3, -0.25) is 0 Å². The number of methoxy groups -OCH3 is 1. The molecular formula is C16H20O6. The van der Waals surface area contributed by atoms with Crippen molar-refractivity contribution in [1.29, 1.82) is 0 Å². The van der Waals surface area contributed by atoms with E-state index in [0.717, 1.165) is 5.56 Å². The van der Waals surface area contributed by atoms with Gasteiger partial charge in [0.2, 0.25) is 0 Å². The lowest BCUT2D eigenvalue weighted by molar-refractivity contribution is -0.381. The standard InChI is InChI=1S/C16H20O6/c1-15(2)20-10-16(18-3)13(21-15)12(14(17)22-16)19-9-11-7-5-4-6-8-11/h4-8,12-13H,9-10H2,1-3H3/t12-,13-,16-/m0/s1. The van der Waals surface area contributed by atoms with Gasteiger partial charge in [0.25, 0.3) is 5.79 Å². The molecular weight excluding hydrogens is 288 g/mol. The molecule has 120 valence electrons. The van der Waals surface area contributed by atoms with Gasteiger partial charge in [-0.05, 0) is 19.4 Å². The van der Waals surface area contributed by atoms with Crippen LogP contribution in [0.1, 0.15) is 19.4 Å². The maximum atomic E-state index is 12.2. The Labute approximate surface area is 129 Å². The van der Waals surface area contributed by atoms with Crippen LogP contribution in [0.15, 0.2) is 30.3 Å². The van der Waals surface area contributed by atoms with Crippen molar-refractivity contribution in [3.05, 3.63) is 35.9 Å². The lowest BCUT2D eigenvalue weighted by atomic mass is 10.1. The molecule has 1 aromatic carbocycles. The minimum atomic E-state index is -1.24. The van der Waals surface area contributed by atoms with Crippen molar-refractivity contribution in [2.24, 2.45) is 0 Å². The summed E-state index contributed by atoms with van der Waals surface area (Å²) in [5.41, 5.74) is 0.969. The predicted molar refractivity (Wildman–Crippen MR) is 75.8 cm³/mol. The zero-order valence-electron chi connectivity index (χ0n) is 12.9. The van der Waals surface area contributed by atoms with Crippen molar-refractivity contribution in [2.45, 2.75) is 44.2 Å². The summed E-state index contributed by atoms with van der Waals surface area (Å²) in [6.07, 6.45) is -1.51.